The molecular formula is C24H18N4O3. The number of benzene rings is 3. The third-order valence-corrected chi connectivity index (χ3v) is 4.72. The number of para-hydroxylation sites is 2. The van der Waals surface area contributed by atoms with Crippen LogP contribution in [0.1, 0.15) is 11.1 Å². The maximum atomic E-state index is 12.2. The highest BCUT2D eigenvalue weighted by molar-refractivity contribution is 5.95. The molecule has 0 aliphatic heterocycles. The summed E-state index contributed by atoms with van der Waals surface area (Å²) >= 11 is 0. The van der Waals surface area contributed by atoms with Crippen molar-refractivity contribution in [1.82, 2.24) is 4.57 Å². The molecule has 0 aliphatic carbocycles. The zero-order valence-corrected chi connectivity index (χ0v) is 16.5. The number of fused-ring (bicyclic) bond motifs is 1. The molecule has 0 saturated heterocycles. The number of ether oxygens (including phenoxy) is 1. The Labute approximate surface area is 178 Å². The number of nitriles is 1. The van der Waals surface area contributed by atoms with Gasteiger partial charge in [0.15, 0.2) is 12.3 Å². The van der Waals surface area contributed by atoms with Crippen LogP contribution in [0, 0.1) is 11.3 Å². The van der Waals surface area contributed by atoms with Crippen molar-refractivity contribution in [3.8, 4) is 17.7 Å². The summed E-state index contributed by atoms with van der Waals surface area (Å²) < 4.78 is 7.11. The molecule has 3 aromatic carbocycles. The van der Waals surface area contributed by atoms with Crippen LogP contribution in [0.15, 0.2) is 89.1 Å². The van der Waals surface area contributed by atoms with E-state index >= 15 is 0 Å². The minimum Gasteiger partial charge on any atom is -0.493 e. The molecule has 0 radical (unpaired) electrons. The van der Waals surface area contributed by atoms with Gasteiger partial charge in [0.2, 0.25) is 5.88 Å². The van der Waals surface area contributed by atoms with Crippen LogP contribution in [0.25, 0.3) is 10.9 Å². The van der Waals surface area contributed by atoms with Crippen LogP contribution in [0.4, 0.5) is 5.69 Å². The van der Waals surface area contributed by atoms with E-state index in [9.17, 15) is 9.90 Å². The summed E-state index contributed by atoms with van der Waals surface area (Å²) in [6.45, 7) is 0.0797. The van der Waals surface area contributed by atoms with Gasteiger partial charge < -0.3 is 14.4 Å². The Morgan fingerprint density at radius 3 is 2.52 bits per heavy atom. The van der Waals surface area contributed by atoms with Gasteiger partial charge in [-0.1, -0.05) is 60.7 Å². The van der Waals surface area contributed by atoms with Crippen molar-refractivity contribution in [1.29, 1.82) is 5.26 Å². The Morgan fingerprint density at radius 1 is 1.00 bits per heavy atom. The molecule has 0 spiro atoms. The van der Waals surface area contributed by atoms with E-state index in [1.54, 1.807) is 28.8 Å². The Morgan fingerprint density at radius 2 is 1.71 bits per heavy atom. The molecule has 0 fully saturated rings. The predicted octanol–water partition coefficient (Wildman–Crippen LogP) is 4.96. The lowest BCUT2D eigenvalue weighted by Gasteiger charge is -2.06. The summed E-state index contributed by atoms with van der Waals surface area (Å²) in [6, 6.07) is 25.7. The minimum atomic E-state index is -0.632. The molecule has 0 bridgehead atoms. The smallest absolute Gasteiger partial charge is 0.302 e. The van der Waals surface area contributed by atoms with E-state index in [0.717, 1.165) is 11.1 Å². The number of carbonyl (C=O) groups is 1. The standard InChI is InChI=1S/C24H18N4O3/c25-14-18-10-4-7-13-21(18)31-16-22(29)26-27-23-19-11-5-6-12-20(19)28(24(23)30)15-17-8-2-1-3-9-17/h1-13,30H,15-16H2. The van der Waals surface area contributed by atoms with Crippen molar-refractivity contribution in [3.63, 3.8) is 0 Å². The third-order valence-electron chi connectivity index (χ3n) is 4.72. The van der Waals surface area contributed by atoms with Crippen LogP contribution in [0.3, 0.4) is 0 Å². The van der Waals surface area contributed by atoms with Crippen molar-refractivity contribution in [2.75, 3.05) is 6.61 Å². The number of azo groups is 1. The number of nitrogens with zero attached hydrogens (tertiary/aromatic N) is 4. The predicted molar refractivity (Wildman–Crippen MR) is 115 cm³/mol. The maximum Gasteiger partial charge on any atom is 0.302 e. The van der Waals surface area contributed by atoms with E-state index in [4.69, 9.17) is 10.00 Å². The molecule has 1 heterocycles. The van der Waals surface area contributed by atoms with Gasteiger partial charge in [0.1, 0.15) is 11.8 Å². The first-order valence-corrected chi connectivity index (χ1v) is 9.58. The molecule has 0 unspecified atom stereocenters. The van der Waals surface area contributed by atoms with E-state index in [1.165, 1.54) is 0 Å². The number of aromatic hydroxyl groups is 1. The second-order valence-electron chi connectivity index (χ2n) is 6.75. The summed E-state index contributed by atoms with van der Waals surface area (Å²) in [5, 5.41) is 28.3. The SMILES string of the molecule is N#Cc1ccccc1OCC(=O)N=Nc1c(O)n(Cc2ccccc2)c2ccccc12. The molecular weight excluding hydrogens is 392 g/mol. The van der Waals surface area contributed by atoms with Gasteiger partial charge in [0, 0.05) is 5.39 Å². The second kappa shape index (κ2) is 8.93. The highest BCUT2D eigenvalue weighted by atomic mass is 16.5. The average molecular weight is 410 g/mol. The van der Waals surface area contributed by atoms with Crippen molar-refractivity contribution >= 4 is 22.5 Å². The monoisotopic (exact) mass is 410 g/mol. The van der Waals surface area contributed by atoms with Gasteiger partial charge in [-0.2, -0.15) is 5.26 Å². The van der Waals surface area contributed by atoms with Crippen molar-refractivity contribution in [2.24, 2.45) is 10.2 Å². The van der Waals surface area contributed by atoms with E-state index < -0.39 is 5.91 Å². The first-order chi connectivity index (χ1) is 15.2. The minimum absolute atomic E-state index is 0.0719. The van der Waals surface area contributed by atoms with Crippen LogP contribution in [-0.4, -0.2) is 22.2 Å². The van der Waals surface area contributed by atoms with Gasteiger partial charge in [0.05, 0.1) is 17.6 Å². The fourth-order valence-electron chi connectivity index (χ4n) is 3.26. The largest absolute Gasteiger partial charge is 0.493 e. The zero-order chi connectivity index (χ0) is 21.6. The van der Waals surface area contributed by atoms with E-state index in [2.05, 4.69) is 10.2 Å². The van der Waals surface area contributed by atoms with Crippen LogP contribution in [0.5, 0.6) is 11.6 Å². The summed E-state index contributed by atoms with van der Waals surface area (Å²) in [5.74, 6) is -0.403. The lowest BCUT2D eigenvalue weighted by molar-refractivity contribution is -0.120. The van der Waals surface area contributed by atoms with E-state index in [-0.39, 0.29) is 18.2 Å². The normalized spacial score (nSPS) is 10.9. The quantitative estimate of drug-likeness (QED) is 0.454. The van der Waals surface area contributed by atoms with Gasteiger partial charge in [-0.3, -0.25) is 4.79 Å². The lowest BCUT2D eigenvalue weighted by Crippen LogP contribution is -2.08. The summed E-state index contributed by atoms with van der Waals surface area (Å²) in [6.07, 6.45) is 0. The summed E-state index contributed by atoms with van der Waals surface area (Å²) in [4.78, 5) is 12.2. The van der Waals surface area contributed by atoms with Crippen LogP contribution >= 0.6 is 0 Å². The lowest BCUT2D eigenvalue weighted by atomic mass is 10.2. The Bertz CT molecular complexity index is 1300. The Hall–Kier alpha value is -4.44. The molecule has 1 aromatic heterocycles. The van der Waals surface area contributed by atoms with E-state index in [0.29, 0.717) is 23.2 Å². The highest BCUT2D eigenvalue weighted by Crippen LogP contribution is 2.39. The number of rotatable bonds is 6. The molecule has 0 aliphatic rings. The molecule has 7 nitrogen and oxygen atoms in total. The van der Waals surface area contributed by atoms with Gasteiger partial charge in [-0.25, -0.2) is 0 Å². The molecule has 4 aromatic rings. The van der Waals surface area contributed by atoms with Crippen molar-refractivity contribution in [3.05, 3.63) is 90.0 Å². The Kier molecular flexibility index (Phi) is 5.72. The van der Waals surface area contributed by atoms with Gasteiger partial charge in [-0.15, -0.1) is 10.2 Å². The van der Waals surface area contributed by atoms with Crippen LogP contribution in [-0.2, 0) is 11.3 Å². The van der Waals surface area contributed by atoms with Crippen molar-refractivity contribution in [2.45, 2.75) is 6.54 Å². The van der Waals surface area contributed by atoms with Crippen LogP contribution in [0.2, 0.25) is 0 Å². The number of hydrogen-bond donors (Lipinski definition) is 1. The Balaban J connectivity index is 1.57. The fraction of sp³-hybridized carbons (Fsp3) is 0.0833. The number of hydrogen-bond acceptors (Lipinski definition) is 5. The third kappa shape index (κ3) is 4.28. The van der Waals surface area contributed by atoms with Crippen molar-refractivity contribution < 1.29 is 14.6 Å². The zero-order valence-electron chi connectivity index (χ0n) is 16.5. The molecule has 1 N–H and O–H groups in total. The average Bonchev–Trinajstić information content (AvgIpc) is 3.08. The molecule has 0 atom stereocenters. The molecule has 0 saturated carbocycles. The summed E-state index contributed by atoms with van der Waals surface area (Å²) in [7, 11) is 0. The first-order valence-electron chi connectivity index (χ1n) is 9.58. The fourth-order valence-corrected chi connectivity index (χ4v) is 3.26. The molecule has 1 amide bonds. The topological polar surface area (TPSA) is 100.0 Å². The van der Waals surface area contributed by atoms with Gasteiger partial charge >= 0.3 is 5.91 Å². The van der Waals surface area contributed by atoms with Gasteiger partial charge in [-0.05, 0) is 23.8 Å². The number of carbonyl (C=O) groups excluding carboxylic acids is 1. The summed E-state index contributed by atoms with van der Waals surface area (Å²) in [5.41, 5.74) is 2.35. The maximum absolute atomic E-state index is 12.2. The van der Waals surface area contributed by atoms with Gasteiger partial charge in [0.25, 0.3) is 0 Å². The molecule has 152 valence electrons. The number of amides is 1. The molecule has 4 rings (SSSR count). The second-order valence-corrected chi connectivity index (χ2v) is 6.75. The first kappa shape index (κ1) is 19.9. The molecule has 7 heteroatoms. The molecule has 31 heavy (non-hydrogen) atoms. The highest BCUT2D eigenvalue weighted by Gasteiger charge is 2.17. The number of aromatic nitrogens is 1. The van der Waals surface area contributed by atoms with Crippen LogP contribution < -0.4 is 4.74 Å². The van der Waals surface area contributed by atoms with E-state index in [1.807, 2.05) is 60.7 Å².